The molecule has 0 aliphatic rings. The summed E-state index contributed by atoms with van der Waals surface area (Å²) in [6.07, 6.45) is 11.1. The topological polar surface area (TPSA) is 0 Å². The van der Waals surface area contributed by atoms with E-state index in [4.69, 9.17) is 11.6 Å². The molecule has 0 radical (unpaired) electrons. The smallest absolute Gasteiger partial charge is 0.0518 e. The summed E-state index contributed by atoms with van der Waals surface area (Å²) in [4.78, 5) is 0. The van der Waals surface area contributed by atoms with Gasteiger partial charge in [0.05, 0.1) is 8.80 Å². The Hall–Kier alpha value is 0.507. The number of alkyl halides is 1. The molecule has 0 spiro atoms. The molecule has 1 atom stereocenters. The van der Waals surface area contributed by atoms with Crippen LogP contribution in [0.4, 0.5) is 0 Å². The second kappa shape index (κ2) is 10.0. The fourth-order valence-electron chi connectivity index (χ4n) is 1.63. The van der Waals surface area contributed by atoms with Gasteiger partial charge < -0.3 is 0 Å². The van der Waals surface area contributed by atoms with Crippen LogP contribution in [0.3, 0.4) is 0 Å². The van der Waals surface area contributed by atoms with Crippen LogP contribution in [0.2, 0.25) is 13.1 Å². The lowest BCUT2D eigenvalue weighted by molar-refractivity contribution is 0.582. The standard InChI is InChI=1S/C12H27ClSi/c1-4-5-6-7-8-9-10-11-12(13)14(2)3/h12,14H,4-11H2,1-3H3. The Morgan fingerprint density at radius 1 is 0.929 bits per heavy atom. The van der Waals surface area contributed by atoms with Gasteiger partial charge in [-0.05, 0) is 6.42 Å². The van der Waals surface area contributed by atoms with Crippen LogP contribution >= 0.6 is 11.6 Å². The highest BCUT2D eigenvalue weighted by atomic mass is 35.5. The average Bonchev–Trinajstić information content (AvgIpc) is 2.16. The van der Waals surface area contributed by atoms with Crippen LogP contribution in [-0.4, -0.2) is 13.8 Å². The van der Waals surface area contributed by atoms with E-state index in [2.05, 4.69) is 20.0 Å². The minimum atomic E-state index is -0.569. The number of halogens is 1. The van der Waals surface area contributed by atoms with Gasteiger partial charge in [-0.2, -0.15) is 0 Å². The maximum Gasteiger partial charge on any atom is 0.0518 e. The van der Waals surface area contributed by atoms with Crippen LogP contribution in [0.15, 0.2) is 0 Å². The van der Waals surface area contributed by atoms with E-state index in [1.165, 1.54) is 51.4 Å². The van der Waals surface area contributed by atoms with Crippen molar-refractivity contribution < 1.29 is 0 Å². The van der Waals surface area contributed by atoms with E-state index in [9.17, 15) is 0 Å². The third-order valence-corrected chi connectivity index (χ3v) is 6.32. The summed E-state index contributed by atoms with van der Waals surface area (Å²) >= 11 is 6.24. The molecule has 0 heterocycles. The van der Waals surface area contributed by atoms with Crippen molar-refractivity contribution in [3.05, 3.63) is 0 Å². The molecule has 0 nitrogen and oxygen atoms in total. The number of unbranched alkanes of at least 4 members (excludes halogenated alkanes) is 6. The quantitative estimate of drug-likeness (QED) is 0.307. The lowest BCUT2D eigenvalue weighted by Crippen LogP contribution is -2.17. The molecule has 0 bridgehead atoms. The zero-order valence-electron chi connectivity index (χ0n) is 10.2. The van der Waals surface area contributed by atoms with Gasteiger partial charge in [0, 0.05) is 5.00 Å². The van der Waals surface area contributed by atoms with Crippen molar-refractivity contribution >= 4 is 20.4 Å². The lowest BCUT2D eigenvalue weighted by atomic mass is 10.1. The summed E-state index contributed by atoms with van der Waals surface area (Å²) in [5.74, 6) is 0. The predicted octanol–water partition coefficient (Wildman–Crippen LogP) is 4.76. The van der Waals surface area contributed by atoms with Crippen molar-refractivity contribution in [2.45, 2.75) is 76.4 Å². The molecule has 0 rings (SSSR count). The van der Waals surface area contributed by atoms with E-state index in [0.29, 0.717) is 5.00 Å². The van der Waals surface area contributed by atoms with Crippen LogP contribution < -0.4 is 0 Å². The van der Waals surface area contributed by atoms with Crippen LogP contribution in [0.5, 0.6) is 0 Å². The van der Waals surface area contributed by atoms with Crippen molar-refractivity contribution in [3.63, 3.8) is 0 Å². The molecule has 0 saturated heterocycles. The molecule has 0 N–H and O–H groups in total. The van der Waals surface area contributed by atoms with E-state index in [1.807, 2.05) is 0 Å². The Balaban J connectivity index is 3.06. The van der Waals surface area contributed by atoms with Crippen molar-refractivity contribution in [3.8, 4) is 0 Å². The fourth-order valence-corrected chi connectivity index (χ4v) is 2.69. The summed E-state index contributed by atoms with van der Waals surface area (Å²) in [5, 5.41) is 0.533. The van der Waals surface area contributed by atoms with Gasteiger partial charge in [0.2, 0.25) is 0 Å². The first kappa shape index (κ1) is 14.5. The van der Waals surface area contributed by atoms with Gasteiger partial charge in [-0.15, -0.1) is 11.6 Å². The fraction of sp³-hybridized carbons (Fsp3) is 1.00. The highest BCUT2D eigenvalue weighted by Crippen LogP contribution is 2.14. The molecular formula is C12H27ClSi. The molecule has 0 aromatic carbocycles. The minimum Gasteiger partial charge on any atom is -0.127 e. The van der Waals surface area contributed by atoms with Gasteiger partial charge >= 0.3 is 0 Å². The van der Waals surface area contributed by atoms with Gasteiger partial charge in [-0.1, -0.05) is 65.0 Å². The Labute approximate surface area is 97.0 Å². The second-order valence-electron chi connectivity index (χ2n) is 4.67. The molecule has 14 heavy (non-hydrogen) atoms. The maximum atomic E-state index is 6.24. The van der Waals surface area contributed by atoms with Crippen molar-refractivity contribution in [2.24, 2.45) is 0 Å². The predicted molar refractivity (Wildman–Crippen MR) is 71.1 cm³/mol. The molecule has 0 aliphatic heterocycles. The number of hydrogen-bond acceptors (Lipinski definition) is 0. The summed E-state index contributed by atoms with van der Waals surface area (Å²) in [6.45, 7) is 6.96. The molecule has 0 amide bonds. The first-order valence-electron chi connectivity index (χ1n) is 6.32. The summed E-state index contributed by atoms with van der Waals surface area (Å²) in [5.41, 5.74) is 0. The van der Waals surface area contributed by atoms with Crippen molar-refractivity contribution in [1.82, 2.24) is 0 Å². The zero-order chi connectivity index (χ0) is 10.8. The molecule has 0 aromatic heterocycles. The van der Waals surface area contributed by atoms with Gasteiger partial charge in [-0.25, -0.2) is 0 Å². The number of hydrogen-bond donors (Lipinski definition) is 0. The van der Waals surface area contributed by atoms with E-state index < -0.39 is 8.80 Å². The zero-order valence-corrected chi connectivity index (χ0v) is 12.1. The first-order valence-corrected chi connectivity index (χ1v) is 9.73. The monoisotopic (exact) mass is 234 g/mol. The Kier molecular flexibility index (Phi) is 10.4. The second-order valence-corrected chi connectivity index (χ2v) is 8.95. The summed E-state index contributed by atoms with van der Waals surface area (Å²) in [6, 6.07) is 0. The van der Waals surface area contributed by atoms with Crippen molar-refractivity contribution in [1.29, 1.82) is 0 Å². The molecule has 0 aliphatic carbocycles. The third-order valence-electron chi connectivity index (χ3n) is 2.81. The average molecular weight is 235 g/mol. The summed E-state index contributed by atoms with van der Waals surface area (Å²) < 4.78 is 0. The molecule has 0 saturated carbocycles. The molecule has 0 fully saturated rings. The molecule has 2 heteroatoms. The van der Waals surface area contributed by atoms with E-state index in [-0.39, 0.29) is 0 Å². The van der Waals surface area contributed by atoms with Crippen LogP contribution in [0, 0.1) is 0 Å². The van der Waals surface area contributed by atoms with Crippen LogP contribution in [0.25, 0.3) is 0 Å². The molecular weight excluding hydrogens is 208 g/mol. The molecule has 1 unspecified atom stereocenters. The first-order chi connectivity index (χ1) is 6.68. The number of rotatable bonds is 9. The van der Waals surface area contributed by atoms with E-state index in [0.717, 1.165) is 0 Å². The SMILES string of the molecule is CCCCCCCCCC(Cl)[SiH](C)C. The van der Waals surface area contributed by atoms with Gasteiger partial charge in [-0.3, -0.25) is 0 Å². The third kappa shape index (κ3) is 9.08. The lowest BCUT2D eigenvalue weighted by Gasteiger charge is -2.11. The highest BCUT2D eigenvalue weighted by molar-refractivity contribution is 6.67. The van der Waals surface area contributed by atoms with Gasteiger partial charge in [0.25, 0.3) is 0 Å². The Morgan fingerprint density at radius 3 is 1.93 bits per heavy atom. The Morgan fingerprint density at radius 2 is 1.43 bits per heavy atom. The van der Waals surface area contributed by atoms with Gasteiger partial charge in [0.15, 0.2) is 0 Å². The highest BCUT2D eigenvalue weighted by Gasteiger charge is 2.09. The maximum absolute atomic E-state index is 6.24. The largest absolute Gasteiger partial charge is 0.127 e. The van der Waals surface area contributed by atoms with Gasteiger partial charge in [0.1, 0.15) is 0 Å². The minimum absolute atomic E-state index is 0.533. The van der Waals surface area contributed by atoms with Crippen molar-refractivity contribution in [2.75, 3.05) is 0 Å². The van der Waals surface area contributed by atoms with E-state index in [1.54, 1.807) is 0 Å². The van der Waals surface area contributed by atoms with Crippen LogP contribution in [0.1, 0.15) is 58.3 Å². The van der Waals surface area contributed by atoms with E-state index >= 15 is 0 Å². The summed E-state index contributed by atoms with van der Waals surface area (Å²) in [7, 11) is -0.569. The molecule has 86 valence electrons. The Bertz CT molecular complexity index is 115. The van der Waals surface area contributed by atoms with Crippen LogP contribution in [-0.2, 0) is 0 Å². The normalized spacial score (nSPS) is 13.5. The molecule has 0 aromatic rings.